The maximum atomic E-state index is 13.5. The van der Waals surface area contributed by atoms with Gasteiger partial charge in [-0.1, -0.05) is 54.6 Å². The summed E-state index contributed by atoms with van der Waals surface area (Å²) >= 11 is 0. The molecule has 6 aromatic rings. The van der Waals surface area contributed by atoms with Crippen molar-refractivity contribution in [2.75, 3.05) is 12.8 Å². The molecule has 37 heavy (non-hydrogen) atoms. The van der Waals surface area contributed by atoms with E-state index in [0.717, 1.165) is 11.1 Å². The Morgan fingerprint density at radius 2 is 1.73 bits per heavy atom. The minimum atomic E-state index is -0.0583. The van der Waals surface area contributed by atoms with Crippen molar-refractivity contribution in [1.82, 2.24) is 19.7 Å². The van der Waals surface area contributed by atoms with Crippen LogP contribution in [0.15, 0.2) is 94.4 Å². The van der Waals surface area contributed by atoms with Gasteiger partial charge < -0.3 is 14.9 Å². The number of hydrogen-bond donors (Lipinski definition) is 1. The van der Waals surface area contributed by atoms with Crippen LogP contribution < -0.4 is 15.9 Å². The van der Waals surface area contributed by atoms with Gasteiger partial charge in [-0.3, -0.25) is 4.79 Å². The third-order valence-electron chi connectivity index (χ3n) is 6.39. The molecule has 0 saturated carbocycles. The maximum Gasteiger partial charge on any atom is 0.200 e. The second-order valence-electron chi connectivity index (χ2n) is 8.60. The van der Waals surface area contributed by atoms with Crippen molar-refractivity contribution >= 4 is 27.8 Å². The highest BCUT2D eigenvalue weighted by Crippen LogP contribution is 2.32. The molecule has 3 heterocycles. The third kappa shape index (κ3) is 3.98. The summed E-state index contributed by atoms with van der Waals surface area (Å²) in [6, 6.07) is 24.5. The number of fused-ring (bicyclic) bond motifs is 2. The van der Waals surface area contributed by atoms with E-state index in [9.17, 15) is 4.79 Å². The Labute approximate surface area is 212 Å². The van der Waals surface area contributed by atoms with Crippen molar-refractivity contribution in [2.45, 2.75) is 13.0 Å². The van der Waals surface area contributed by atoms with Crippen LogP contribution in [0.5, 0.6) is 5.75 Å². The van der Waals surface area contributed by atoms with Gasteiger partial charge in [-0.2, -0.15) is 5.10 Å². The molecule has 3 aromatic heterocycles. The van der Waals surface area contributed by atoms with Gasteiger partial charge in [0.15, 0.2) is 5.65 Å². The van der Waals surface area contributed by atoms with Crippen molar-refractivity contribution in [2.24, 2.45) is 0 Å². The second kappa shape index (κ2) is 9.23. The van der Waals surface area contributed by atoms with Gasteiger partial charge in [-0.05, 0) is 29.8 Å². The average molecular weight is 490 g/mol. The molecule has 0 amide bonds. The topological polar surface area (TPSA) is 109 Å². The summed E-state index contributed by atoms with van der Waals surface area (Å²) in [5.74, 6) is 1.64. The molecule has 0 saturated heterocycles. The summed E-state index contributed by atoms with van der Waals surface area (Å²) in [7, 11) is 1.62. The summed E-state index contributed by atoms with van der Waals surface area (Å²) in [5, 5.41) is 6.07. The Morgan fingerprint density at radius 1 is 0.946 bits per heavy atom. The van der Waals surface area contributed by atoms with E-state index in [1.54, 1.807) is 17.9 Å². The zero-order valence-electron chi connectivity index (χ0n) is 20.1. The van der Waals surface area contributed by atoms with Crippen molar-refractivity contribution in [3.8, 4) is 28.1 Å². The second-order valence-corrected chi connectivity index (χ2v) is 8.60. The number of nitrogens with zero attached hydrogens (tertiary/aromatic N) is 4. The fraction of sp³-hybridized carbons (Fsp3) is 0.103. The Balaban J connectivity index is 1.47. The zero-order valence-corrected chi connectivity index (χ0v) is 20.1. The molecule has 6 rings (SSSR count). The van der Waals surface area contributed by atoms with Gasteiger partial charge in [0.1, 0.15) is 34.9 Å². The molecule has 8 heteroatoms. The predicted molar refractivity (Wildman–Crippen MR) is 143 cm³/mol. The van der Waals surface area contributed by atoms with E-state index in [2.05, 4.69) is 9.97 Å². The monoisotopic (exact) mass is 489 g/mol. The number of aryl methyl sites for hydroxylation is 2. The Bertz CT molecular complexity index is 1810. The molecule has 2 N–H and O–H groups in total. The number of rotatable bonds is 6. The van der Waals surface area contributed by atoms with Gasteiger partial charge >= 0.3 is 0 Å². The quantitative estimate of drug-likeness (QED) is 0.347. The lowest BCUT2D eigenvalue weighted by Gasteiger charge is -2.11. The summed E-state index contributed by atoms with van der Waals surface area (Å²) in [4.78, 5) is 22.2. The maximum absolute atomic E-state index is 13.5. The molecule has 0 aliphatic rings. The molecule has 3 aromatic carbocycles. The van der Waals surface area contributed by atoms with Crippen LogP contribution in [0.1, 0.15) is 5.76 Å². The number of para-hydroxylation sites is 1. The zero-order chi connectivity index (χ0) is 25.4. The van der Waals surface area contributed by atoms with Gasteiger partial charge in [-0.15, -0.1) is 0 Å². The molecule has 0 spiro atoms. The van der Waals surface area contributed by atoms with Gasteiger partial charge in [0.2, 0.25) is 5.43 Å². The highest BCUT2D eigenvalue weighted by atomic mass is 16.5. The fourth-order valence-corrected chi connectivity index (χ4v) is 4.63. The van der Waals surface area contributed by atoms with Crippen LogP contribution in [-0.2, 0) is 13.0 Å². The van der Waals surface area contributed by atoms with Crippen LogP contribution in [0, 0.1) is 0 Å². The number of nitrogens with two attached hydrogens (primary N) is 1. The highest BCUT2D eigenvalue weighted by molar-refractivity contribution is 5.98. The van der Waals surface area contributed by atoms with E-state index < -0.39 is 0 Å². The van der Waals surface area contributed by atoms with Crippen LogP contribution in [0.2, 0.25) is 0 Å². The lowest BCUT2D eigenvalue weighted by molar-refractivity contribution is 0.415. The van der Waals surface area contributed by atoms with E-state index in [1.807, 2.05) is 72.8 Å². The molecule has 0 unspecified atom stereocenters. The van der Waals surface area contributed by atoms with Crippen LogP contribution in [-0.4, -0.2) is 26.9 Å². The number of ether oxygens (including phenoxy) is 1. The van der Waals surface area contributed by atoms with Gasteiger partial charge in [0.25, 0.3) is 0 Å². The Kier molecular flexibility index (Phi) is 5.61. The lowest BCUT2D eigenvalue weighted by atomic mass is 10.0. The fourth-order valence-electron chi connectivity index (χ4n) is 4.63. The molecular formula is C29H23N5O3. The number of aromatic nitrogens is 4. The van der Waals surface area contributed by atoms with Crippen LogP contribution in [0.4, 0.5) is 5.82 Å². The Hall–Kier alpha value is -4.98. The van der Waals surface area contributed by atoms with Crippen molar-refractivity contribution in [3.05, 3.63) is 101 Å². The molecule has 0 aliphatic carbocycles. The molecule has 0 bridgehead atoms. The molecule has 182 valence electrons. The summed E-state index contributed by atoms with van der Waals surface area (Å²) < 4.78 is 13.5. The van der Waals surface area contributed by atoms with E-state index in [4.69, 9.17) is 20.0 Å². The minimum Gasteiger partial charge on any atom is -0.497 e. The third-order valence-corrected chi connectivity index (χ3v) is 6.39. The first-order valence-corrected chi connectivity index (χ1v) is 11.9. The first-order valence-electron chi connectivity index (χ1n) is 11.9. The van der Waals surface area contributed by atoms with Gasteiger partial charge in [0, 0.05) is 12.0 Å². The molecule has 0 radical (unpaired) electrons. The molecule has 0 fully saturated rings. The first-order chi connectivity index (χ1) is 18.1. The number of benzene rings is 3. The van der Waals surface area contributed by atoms with Crippen molar-refractivity contribution < 1.29 is 9.15 Å². The number of hydrogen-bond acceptors (Lipinski definition) is 7. The molecule has 0 aliphatic heterocycles. The minimum absolute atomic E-state index is 0.0583. The van der Waals surface area contributed by atoms with E-state index in [-0.39, 0.29) is 5.43 Å². The first kappa shape index (κ1) is 22.5. The average Bonchev–Trinajstić information content (AvgIpc) is 3.32. The molecule has 0 atom stereocenters. The predicted octanol–water partition coefficient (Wildman–Crippen LogP) is 5.10. The van der Waals surface area contributed by atoms with Gasteiger partial charge in [-0.25, -0.2) is 14.6 Å². The smallest absolute Gasteiger partial charge is 0.200 e. The highest BCUT2D eigenvalue weighted by Gasteiger charge is 2.20. The molecule has 8 nitrogen and oxygen atoms in total. The SMILES string of the molecule is COc1cccc(-c2nn(CCc3oc4ccccc4c(=O)c3-c3ccccc3)c3ncnc(N)c23)c1. The summed E-state index contributed by atoms with van der Waals surface area (Å²) in [6.07, 6.45) is 1.85. The largest absolute Gasteiger partial charge is 0.497 e. The van der Waals surface area contributed by atoms with Crippen LogP contribution >= 0.6 is 0 Å². The normalized spacial score (nSPS) is 11.3. The van der Waals surface area contributed by atoms with Crippen LogP contribution in [0.25, 0.3) is 44.4 Å². The van der Waals surface area contributed by atoms with Crippen LogP contribution in [0.3, 0.4) is 0 Å². The lowest BCUT2D eigenvalue weighted by Crippen LogP contribution is -2.12. The number of nitrogen functional groups attached to an aromatic ring is 1. The van der Waals surface area contributed by atoms with E-state index >= 15 is 0 Å². The van der Waals surface area contributed by atoms with Crippen molar-refractivity contribution in [3.63, 3.8) is 0 Å². The van der Waals surface area contributed by atoms with E-state index in [0.29, 0.717) is 63.6 Å². The van der Waals surface area contributed by atoms with Crippen molar-refractivity contribution in [1.29, 1.82) is 0 Å². The number of anilines is 1. The Morgan fingerprint density at radius 3 is 2.57 bits per heavy atom. The molecular weight excluding hydrogens is 466 g/mol. The number of methoxy groups -OCH3 is 1. The van der Waals surface area contributed by atoms with Gasteiger partial charge in [0.05, 0.1) is 30.0 Å². The summed E-state index contributed by atoms with van der Waals surface area (Å²) in [6.45, 7) is 0.415. The standard InChI is InChI=1S/C29H23N5O3/c1-36-20-11-7-10-19(16-20)26-25-28(30)31-17-32-29(25)34(33-26)15-14-23-24(18-8-3-2-4-9-18)27(35)21-12-5-6-13-22(21)37-23/h2-13,16-17H,14-15H2,1H3,(H2,30,31,32). The van der Waals surface area contributed by atoms with E-state index in [1.165, 1.54) is 6.33 Å². The summed E-state index contributed by atoms with van der Waals surface area (Å²) in [5.41, 5.74) is 10.2.